The number of anilines is 2. The van der Waals surface area contributed by atoms with Crippen molar-refractivity contribution < 1.29 is 9.53 Å². The van der Waals surface area contributed by atoms with Gasteiger partial charge < -0.3 is 10.1 Å². The zero-order chi connectivity index (χ0) is 16.4. The van der Waals surface area contributed by atoms with Crippen molar-refractivity contribution in [1.82, 2.24) is 0 Å². The maximum absolute atomic E-state index is 12.8. The second-order valence-corrected chi connectivity index (χ2v) is 7.20. The Morgan fingerprint density at radius 3 is 2.91 bits per heavy atom. The summed E-state index contributed by atoms with van der Waals surface area (Å²) in [6.45, 7) is 2.76. The first kappa shape index (κ1) is 16.0. The van der Waals surface area contributed by atoms with Crippen LogP contribution in [0, 0.1) is 0 Å². The van der Waals surface area contributed by atoms with E-state index in [-0.39, 0.29) is 6.03 Å². The highest BCUT2D eigenvalue weighted by atomic mass is 35.5. The molecule has 1 aliphatic rings. The molecule has 1 N–H and O–H groups in total. The van der Waals surface area contributed by atoms with E-state index < -0.39 is 0 Å². The molecule has 0 unspecified atom stereocenters. The number of rotatable bonds is 2. The molecule has 4 nitrogen and oxygen atoms in total. The van der Waals surface area contributed by atoms with Crippen LogP contribution in [0.3, 0.4) is 0 Å². The molecular formula is C17H17ClN2O2S. The summed E-state index contributed by atoms with van der Waals surface area (Å²) in [6.07, 6.45) is 0. The first-order valence-corrected chi connectivity index (χ1v) is 8.52. The number of amides is 2. The topological polar surface area (TPSA) is 41.6 Å². The summed E-state index contributed by atoms with van der Waals surface area (Å²) in [5.41, 5.74) is 1.49. The number of urea groups is 1. The summed E-state index contributed by atoms with van der Waals surface area (Å²) in [5, 5.41) is 3.78. The zero-order valence-corrected chi connectivity index (χ0v) is 14.4. The summed E-state index contributed by atoms with van der Waals surface area (Å²) >= 11 is 7.81. The molecule has 0 saturated carbocycles. The van der Waals surface area contributed by atoms with E-state index in [1.165, 1.54) is 0 Å². The molecule has 2 aromatic carbocycles. The number of halogens is 1. The fraction of sp³-hybridized carbons (Fsp3) is 0.235. The Bertz CT molecular complexity index is 738. The Labute approximate surface area is 144 Å². The number of nitrogens with one attached hydrogen (secondary N) is 1. The van der Waals surface area contributed by atoms with Crippen LogP contribution in [0.2, 0.25) is 5.02 Å². The van der Waals surface area contributed by atoms with Crippen molar-refractivity contribution in [2.75, 3.05) is 23.9 Å². The van der Waals surface area contributed by atoms with Crippen LogP contribution in [0.25, 0.3) is 0 Å². The Hall–Kier alpha value is -1.85. The first-order valence-electron chi connectivity index (χ1n) is 7.26. The van der Waals surface area contributed by atoms with Crippen molar-refractivity contribution in [2.24, 2.45) is 0 Å². The predicted molar refractivity (Wildman–Crippen MR) is 96.1 cm³/mol. The van der Waals surface area contributed by atoms with Crippen LogP contribution < -0.4 is 15.0 Å². The smallest absolute Gasteiger partial charge is 0.326 e. The zero-order valence-electron chi connectivity index (χ0n) is 12.9. The van der Waals surface area contributed by atoms with E-state index in [1.807, 2.05) is 24.3 Å². The molecule has 0 aliphatic carbocycles. The van der Waals surface area contributed by atoms with E-state index in [9.17, 15) is 4.79 Å². The lowest BCUT2D eigenvalue weighted by atomic mass is 10.2. The third-order valence-electron chi connectivity index (χ3n) is 3.57. The molecule has 23 heavy (non-hydrogen) atoms. The van der Waals surface area contributed by atoms with Crippen molar-refractivity contribution in [3.8, 4) is 5.75 Å². The fourth-order valence-electron chi connectivity index (χ4n) is 2.54. The van der Waals surface area contributed by atoms with Crippen molar-refractivity contribution in [2.45, 2.75) is 17.1 Å². The quantitative estimate of drug-likeness (QED) is 0.840. The normalized spacial score (nSPS) is 16.7. The van der Waals surface area contributed by atoms with Gasteiger partial charge in [0.15, 0.2) is 0 Å². The number of para-hydroxylation sites is 1. The van der Waals surface area contributed by atoms with E-state index >= 15 is 0 Å². The minimum absolute atomic E-state index is 0.190. The Morgan fingerprint density at radius 2 is 2.13 bits per heavy atom. The van der Waals surface area contributed by atoms with Gasteiger partial charge in [-0.25, -0.2) is 4.79 Å². The number of benzene rings is 2. The van der Waals surface area contributed by atoms with Gasteiger partial charge in [0.05, 0.1) is 18.5 Å². The van der Waals surface area contributed by atoms with Crippen LogP contribution in [0.15, 0.2) is 47.4 Å². The van der Waals surface area contributed by atoms with Crippen molar-refractivity contribution in [1.29, 1.82) is 0 Å². The van der Waals surface area contributed by atoms with Gasteiger partial charge in [-0.2, -0.15) is 0 Å². The monoisotopic (exact) mass is 348 g/mol. The van der Waals surface area contributed by atoms with E-state index in [0.29, 0.717) is 28.3 Å². The summed E-state index contributed by atoms with van der Waals surface area (Å²) < 4.78 is 5.28. The van der Waals surface area contributed by atoms with Crippen LogP contribution >= 0.6 is 23.4 Å². The summed E-state index contributed by atoms with van der Waals surface area (Å²) in [6, 6.07) is 12.9. The molecule has 120 valence electrons. The van der Waals surface area contributed by atoms with Crippen LogP contribution in [0.1, 0.15) is 6.92 Å². The number of hydrogen-bond acceptors (Lipinski definition) is 3. The van der Waals surface area contributed by atoms with Gasteiger partial charge >= 0.3 is 6.03 Å². The van der Waals surface area contributed by atoms with Crippen LogP contribution in [0.5, 0.6) is 5.75 Å². The molecule has 0 radical (unpaired) electrons. The first-order chi connectivity index (χ1) is 11.1. The van der Waals surface area contributed by atoms with Gasteiger partial charge in [0.25, 0.3) is 0 Å². The fourth-order valence-corrected chi connectivity index (χ4v) is 3.83. The van der Waals surface area contributed by atoms with E-state index in [2.05, 4.69) is 12.2 Å². The molecule has 0 bridgehead atoms. The number of carbonyl (C=O) groups is 1. The lowest BCUT2D eigenvalue weighted by Crippen LogP contribution is -2.41. The lowest BCUT2D eigenvalue weighted by Gasteiger charge is -2.32. The van der Waals surface area contributed by atoms with E-state index in [1.54, 1.807) is 42.0 Å². The van der Waals surface area contributed by atoms with E-state index in [4.69, 9.17) is 16.3 Å². The minimum atomic E-state index is -0.190. The van der Waals surface area contributed by atoms with Gasteiger partial charge in [-0.05, 0) is 30.3 Å². The molecule has 1 heterocycles. The van der Waals surface area contributed by atoms with Crippen LogP contribution in [-0.2, 0) is 0 Å². The molecule has 0 saturated heterocycles. The van der Waals surface area contributed by atoms with Gasteiger partial charge in [-0.3, -0.25) is 4.90 Å². The highest BCUT2D eigenvalue weighted by Crippen LogP contribution is 2.38. The van der Waals surface area contributed by atoms with Gasteiger partial charge in [-0.15, -0.1) is 11.8 Å². The number of ether oxygens (including phenoxy) is 1. The van der Waals surface area contributed by atoms with Gasteiger partial charge in [-0.1, -0.05) is 30.7 Å². The standard InChI is InChI=1S/C17H17ClN2O2S/c1-11-10-20(14-5-3-4-6-16(14)23-11)17(21)19-13-9-12(18)7-8-15(13)22-2/h3-9,11H,10H2,1-2H3,(H,19,21)/t11-/m0/s1. The van der Waals surface area contributed by atoms with Crippen molar-refractivity contribution in [3.05, 3.63) is 47.5 Å². The van der Waals surface area contributed by atoms with Crippen molar-refractivity contribution in [3.63, 3.8) is 0 Å². The second-order valence-electron chi connectivity index (χ2n) is 5.28. The third kappa shape index (κ3) is 3.41. The van der Waals surface area contributed by atoms with Gasteiger partial charge in [0, 0.05) is 21.7 Å². The number of fused-ring (bicyclic) bond motifs is 1. The van der Waals surface area contributed by atoms with Crippen LogP contribution in [-0.4, -0.2) is 24.9 Å². The molecule has 1 atom stereocenters. The Kier molecular flexibility index (Phi) is 4.68. The van der Waals surface area contributed by atoms with Gasteiger partial charge in [0.2, 0.25) is 0 Å². The third-order valence-corrected chi connectivity index (χ3v) is 4.96. The Morgan fingerprint density at radius 1 is 1.35 bits per heavy atom. The number of methoxy groups -OCH3 is 1. The van der Waals surface area contributed by atoms with Crippen LogP contribution in [0.4, 0.5) is 16.2 Å². The highest BCUT2D eigenvalue weighted by Gasteiger charge is 2.27. The summed E-state index contributed by atoms with van der Waals surface area (Å²) in [4.78, 5) is 15.6. The largest absolute Gasteiger partial charge is 0.495 e. The summed E-state index contributed by atoms with van der Waals surface area (Å²) in [5.74, 6) is 0.579. The number of thioether (sulfide) groups is 1. The molecule has 2 amide bonds. The predicted octanol–water partition coefficient (Wildman–Crippen LogP) is 4.88. The maximum Gasteiger partial charge on any atom is 0.326 e. The van der Waals surface area contributed by atoms with Gasteiger partial charge in [0.1, 0.15) is 5.75 Å². The second kappa shape index (κ2) is 6.72. The molecular weight excluding hydrogens is 332 g/mol. The number of hydrogen-bond donors (Lipinski definition) is 1. The molecule has 0 aromatic heterocycles. The molecule has 6 heteroatoms. The molecule has 0 fully saturated rings. The number of carbonyl (C=O) groups excluding carboxylic acids is 1. The molecule has 0 spiro atoms. The summed E-state index contributed by atoms with van der Waals surface area (Å²) in [7, 11) is 1.56. The average molecular weight is 349 g/mol. The SMILES string of the molecule is COc1ccc(Cl)cc1NC(=O)N1C[C@H](C)Sc2ccccc21. The highest BCUT2D eigenvalue weighted by molar-refractivity contribution is 8.00. The average Bonchev–Trinajstić information content (AvgIpc) is 2.54. The Balaban J connectivity index is 1.88. The maximum atomic E-state index is 12.8. The van der Waals surface area contributed by atoms with E-state index in [0.717, 1.165) is 10.6 Å². The minimum Gasteiger partial charge on any atom is -0.495 e. The molecule has 1 aliphatic heterocycles. The molecule has 3 rings (SSSR count). The number of nitrogens with zero attached hydrogens (tertiary/aromatic N) is 1. The molecule has 2 aromatic rings. The lowest BCUT2D eigenvalue weighted by molar-refractivity contribution is 0.256. The van der Waals surface area contributed by atoms with Crippen molar-refractivity contribution >= 4 is 40.8 Å².